The molecular weight excluding hydrogens is 288 g/mol. The molecule has 2 N–H and O–H groups in total. The SMILES string of the molecule is O=C1NC(C(=O)Nc2cccc(Cl)c2)Cc2ccccc21. The maximum atomic E-state index is 12.3. The zero-order chi connectivity index (χ0) is 14.8. The van der Waals surface area contributed by atoms with Crippen LogP contribution >= 0.6 is 11.6 Å². The molecule has 3 rings (SSSR count). The highest BCUT2D eigenvalue weighted by molar-refractivity contribution is 6.30. The maximum Gasteiger partial charge on any atom is 0.252 e. The van der Waals surface area contributed by atoms with Crippen LogP contribution in [0.3, 0.4) is 0 Å². The standard InChI is InChI=1S/C16H13ClN2O2/c17-11-5-3-6-12(9-11)18-16(21)14-8-10-4-1-2-7-13(10)15(20)19-14/h1-7,9,14H,8H2,(H,18,21)(H,19,20). The fraction of sp³-hybridized carbons (Fsp3) is 0.125. The molecule has 0 saturated carbocycles. The van der Waals surface area contributed by atoms with Crippen molar-refractivity contribution in [1.29, 1.82) is 0 Å². The van der Waals surface area contributed by atoms with Crippen LogP contribution < -0.4 is 10.6 Å². The highest BCUT2D eigenvalue weighted by Crippen LogP contribution is 2.19. The average Bonchev–Trinajstić information content (AvgIpc) is 2.47. The van der Waals surface area contributed by atoms with Gasteiger partial charge in [0.25, 0.3) is 5.91 Å². The summed E-state index contributed by atoms with van der Waals surface area (Å²) in [6, 6.07) is 13.6. The number of nitrogens with one attached hydrogen (secondary N) is 2. The van der Waals surface area contributed by atoms with Gasteiger partial charge in [-0.1, -0.05) is 35.9 Å². The summed E-state index contributed by atoms with van der Waals surface area (Å²) in [6.45, 7) is 0. The van der Waals surface area contributed by atoms with Crippen molar-refractivity contribution in [2.75, 3.05) is 5.32 Å². The molecular formula is C16H13ClN2O2. The molecule has 4 nitrogen and oxygen atoms in total. The van der Waals surface area contributed by atoms with Crippen LogP contribution in [0.2, 0.25) is 5.02 Å². The zero-order valence-electron chi connectivity index (χ0n) is 11.1. The molecule has 1 heterocycles. The third-order valence-corrected chi connectivity index (χ3v) is 3.64. The van der Waals surface area contributed by atoms with E-state index in [2.05, 4.69) is 10.6 Å². The van der Waals surface area contributed by atoms with Crippen molar-refractivity contribution >= 4 is 29.1 Å². The topological polar surface area (TPSA) is 58.2 Å². The second-order valence-electron chi connectivity index (χ2n) is 4.89. The molecule has 0 aliphatic carbocycles. The number of rotatable bonds is 2. The number of carbonyl (C=O) groups is 2. The molecule has 2 aromatic rings. The zero-order valence-corrected chi connectivity index (χ0v) is 11.9. The lowest BCUT2D eigenvalue weighted by Crippen LogP contribution is -2.48. The molecule has 2 aromatic carbocycles. The Morgan fingerprint density at radius 3 is 2.81 bits per heavy atom. The number of hydrogen-bond acceptors (Lipinski definition) is 2. The van der Waals surface area contributed by atoms with Crippen molar-refractivity contribution in [3.05, 3.63) is 64.7 Å². The smallest absolute Gasteiger partial charge is 0.252 e. The number of hydrogen-bond donors (Lipinski definition) is 2. The lowest BCUT2D eigenvalue weighted by atomic mass is 9.95. The van der Waals surface area contributed by atoms with Gasteiger partial charge in [-0.3, -0.25) is 9.59 Å². The largest absolute Gasteiger partial charge is 0.340 e. The Bertz CT molecular complexity index is 715. The van der Waals surface area contributed by atoms with Crippen LogP contribution in [-0.4, -0.2) is 17.9 Å². The second-order valence-corrected chi connectivity index (χ2v) is 5.32. The molecule has 1 unspecified atom stereocenters. The van der Waals surface area contributed by atoms with Crippen LogP contribution in [0.25, 0.3) is 0 Å². The quantitative estimate of drug-likeness (QED) is 0.896. The summed E-state index contributed by atoms with van der Waals surface area (Å²) in [6.07, 6.45) is 0.480. The molecule has 106 valence electrons. The van der Waals surface area contributed by atoms with Gasteiger partial charge in [0.15, 0.2) is 0 Å². The molecule has 0 saturated heterocycles. The van der Waals surface area contributed by atoms with Crippen molar-refractivity contribution in [3.8, 4) is 0 Å². The van der Waals surface area contributed by atoms with Gasteiger partial charge in [-0.2, -0.15) is 0 Å². The Labute approximate surface area is 127 Å². The number of fused-ring (bicyclic) bond motifs is 1. The average molecular weight is 301 g/mol. The van der Waals surface area contributed by atoms with Crippen molar-refractivity contribution in [3.63, 3.8) is 0 Å². The minimum absolute atomic E-state index is 0.219. The van der Waals surface area contributed by atoms with Gasteiger partial charge in [0.2, 0.25) is 5.91 Å². The molecule has 1 aliphatic heterocycles. The highest BCUT2D eigenvalue weighted by Gasteiger charge is 2.28. The van der Waals surface area contributed by atoms with Crippen LogP contribution in [0.5, 0.6) is 0 Å². The maximum absolute atomic E-state index is 12.3. The van der Waals surface area contributed by atoms with Crippen molar-refractivity contribution < 1.29 is 9.59 Å². The third kappa shape index (κ3) is 2.90. The minimum atomic E-state index is -0.577. The van der Waals surface area contributed by atoms with E-state index in [4.69, 9.17) is 11.6 Å². The predicted molar refractivity (Wildman–Crippen MR) is 81.5 cm³/mol. The third-order valence-electron chi connectivity index (χ3n) is 3.40. The summed E-state index contributed by atoms with van der Waals surface area (Å²) >= 11 is 5.88. The lowest BCUT2D eigenvalue weighted by molar-refractivity contribution is -0.118. The van der Waals surface area contributed by atoms with E-state index in [0.29, 0.717) is 22.7 Å². The van der Waals surface area contributed by atoms with Crippen molar-refractivity contribution in [2.45, 2.75) is 12.5 Å². The van der Waals surface area contributed by atoms with Gasteiger partial charge >= 0.3 is 0 Å². The molecule has 0 radical (unpaired) electrons. The molecule has 0 fully saturated rings. The Balaban J connectivity index is 1.76. The first-order valence-corrected chi connectivity index (χ1v) is 6.96. The van der Waals surface area contributed by atoms with Crippen molar-refractivity contribution in [1.82, 2.24) is 5.32 Å². The number of carbonyl (C=O) groups excluding carboxylic acids is 2. The molecule has 1 atom stereocenters. The predicted octanol–water partition coefficient (Wildman–Crippen LogP) is 2.63. The van der Waals surface area contributed by atoms with E-state index in [0.717, 1.165) is 5.56 Å². The summed E-state index contributed by atoms with van der Waals surface area (Å²) in [5.41, 5.74) is 2.12. The Kier molecular flexibility index (Phi) is 3.62. The van der Waals surface area contributed by atoms with E-state index in [1.165, 1.54) is 0 Å². The second kappa shape index (κ2) is 5.58. The fourth-order valence-corrected chi connectivity index (χ4v) is 2.57. The highest BCUT2D eigenvalue weighted by atomic mass is 35.5. The molecule has 2 amide bonds. The van der Waals surface area contributed by atoms with Gasteiger partial charge in [0, 0.05) is 22.7 Å². The van der Waals surface area contributed by atoms with Crippen LogP contribution in [-0.2, 0) is 11.2 Å². The van der Waals surface area contributed by atoms with Crippen LogP contribution in [0, 0.1) is 0 Å². The van der Waals surface area contributed by atoms with E-state index >= 15 is 0 Å². The number of amides is 2. The first-order valence-electron chi connectivity index (χ1n) is 6.59. The normalized spacial score (nSPS) is 16.8. The van der Waals surface area contributed by atoms with E-state index in [-0.39, 0.29) is 11.8 Å². The van der Waals surface area contributed by atoms with Crippen molar-refractivity contribution in [2.24, 2.45) is 0 Å². The van der Waals surface area contributed by atoms with Gasteiger partial charge in [-0.15, -0.1) is 0 Å². The molecule has 21 heavy (non-hydrogen) atoms. The van der Waals surface area contributed by atoms with Gasteiger partial charge in [-0.05, 0) is 29.8 Å². The Morgan fingerprint density at radius 2 is 2.00 bits per heavy atom. The molecule has 0 spiro atoms. The van der Waals surface area contributed by atoms with E-state index < -0.39 is 6.04 Å². The summed E-state index contributed by atoms with van der Waals surface area (Å²) in [4.78, 5) is 24.3. The Hall–Kier alpha value is -2.33. The van der Waals surface area contributed by atoms with Gasteiger partial charge in [-0.25, -0.2) is 0 Å². The lowest BCUT2D eigenvalue weighted by Gasteiger charge is -2.24. The summed E-state index contributed by atoms with van der Waals surface area (Å²) in [5.74, 6) is -0.469. The first-order chi connectivity index (χ1) is 10.1. The Morgan fingerprint density at radius 1 is 1.19 bits per heavy atom. The van der Waals surface area contributed by atoms with Gasteiger partial charge in [0.05, 0.1) is 0 Å². The number of anilines is 1. The summed E-state index contributed by atoms with van der Waals surface area (Å²) < 4.78 is 0. The molecule has 5 heteroatoms. The van der Waals surface area contributed by atoms with Crippen LogP contribution in [0.1, 0.15) is 15.9 Å². The van der Waals surface area contributed by atoms with E-state index in [1.807, 2.05) is 18.2 Å². The van der Waals surface area contributed by atoms with Crippen LogP contribution in [0.4, 0.5) is 5.69 Å². The number of benzene rings is 2. The molecule has 0 aromatic heterocycles. The molecule has 1 aliphatic rings. The molecule has 0 bridgehead atoms. The summed E-state index contributed by atoms with van der Waals surface area (Å²) in [7, 11) is 0. The van der Waals surface area contributed by atoms with E-state index in [1.54, 1.807) is 30.3 Å². The van der Waals surface area contributed by atoms with E-state index in [9.17, 15) is 9.59 Å². The fourth-order valence-electron chi connectivity index (χ4n) is 2.38. The van der Waals surface area contributed by atoms with Gasteiger partial charge < -0.3 is 10.6 Å². The summed E-state index contributed by atoms with van der Waals surface area (Å²) in [5, 5.41) is 6.04. The van der Waals surface area contributed by atoms with Crippen LogP contribution in [0.15, 0.2) is 48.5 Å². The number of halogens is 1. The first kappa shape index (κ1) is 13.6. The minimum Gasteiger partial charge on any atom is -0.340 e. The monoisotopic (exact) mass is 300 g/mol. The van der Waals surface area contributed by atoms with Gasteiger partial charge in [0.1, 0.15) is 6.04 Å².